The van der Waals surface area contributed by atoms with Crippen LogP contribution in [0.3, 0.4) is 0 Å². The van der Waals surface area contributed by atoms with Gasteiger partial charge in [0.1, 0.15) is 5.82 Å². The Morgan fingerprint density at radius 1 is 0.805 bits per heavy atom. The van der Waals surface area contributed by atoms with Crippen LogP contribution in [0.4, 0.5) is 11.4 Å². The third kappa shape index (κ3) is 5.55. The van der Waals surface area contributed by atoms with Crippen LogP contribution in [-0.2, 0) is 22.6 Å². The monoisotopic (exact) mass is 599 g/mol. The van der Waals surface area contributed by atoms with Gasteiger partial charge in [0, 0.05) is 31.3 Å². The highest BCUT2D eigenvalue weighted by atomic mass is 35.5. The summed E-state index contributed by atoms with van der Waals surface area (Å²) in [4.78, 5) is 29.4. The average Bonchev–Trinajstić information content (AvgIpc) is 3.41. The molecule has 218 valence electrons. The summed E-state index contributed by atoms with van der Waals surface area (Å²) in [7, 11) is 0. The molecule has 0 bridgehead atoms. The Hall–Kier alpha value is -3.49. The molecule has 1 aliphatic heterocycles. The van der Waals surface area contributed by atoms with E-state index in [1.54, 1.807) is 13.8 Å². The summed E-state index contributed by atoms with van der Waals surface area (Å²) in [6.07, 6.45) is 6.17. The summed E-state index contributed by atoms with van der Waals surface area (Å²) >= 11 is 13.1. The third-order valence-electron chi connectivity index (χ3n) is 7.14. The molecule has 2 aromatic carbocycles. The van der Waals surface area contributed by atoms with Crippen LogP contribution >= 0.6 is 23.2 Å². The van der Waals surface area contributed by atoms with Crippen LogP contribution in [0.2, 0.25) is 10.0 Å². The van der Waals surface area contributed by atoms with E-state index in [4.69, 9.17) is 32.7 Å². The average molecular weight is 601 g/mol. The predicted octanol–water partition coefficient (Wildman–Crippen LogP) is 6.85. The zero-order chi connectivity index (χ0) is 29.8. The summed E-state index contributed by atoms with van der Waals surface area (Å²) < 4.78 is 14.8. The summed E-state index contributed by atoms with van der Waals surface area (Å²) in [5.74, 6) is 1.10. The SMILES string of the molecule is CCOC(=O)c1cc2c(cc1Cl)N(CC)C(=CC=Cc1n(CC)c3cc(Cl)c(C(=O)OCC)cc3[n+]1CC)N2CC. The lowest BCUT2D eigenvalue weighted by molar-refractivity contribution is -0.670. The Morgan fingerprint density at radius 2 is 1.37 bits per heavy atom. The number of imidazole rings is 1. The largest absolute Gasteiger partial charge is 0.462 e. The summed E-state index contributed by atoms with van der Waals surface area (Å²) in [5.41, 5.74) is 4.42. The number of benzene rings is 2. The molecule has 1 aromatic heterocycles. The van der Waals surface area contributed by atoms with Crippen molar-refractivity contribution >= 4 is 63.6 Å². The minimum atomic E-state index is -0.431. The topological polar surface area (TPSA) is 67.9 Å². The molecule has 3 aromatic rings. The van der Waals surface area contributed by atoms with Crippen molar-refractivity contribution in [2.45, 2.75) is 54.6 Å². The molecular weight excluding hydrogens is 563 g/mol. The second-order valence-corrected chi connectivity index (χ2v) is 10.1. The van der Waals surface area contributed by atoms with Crippen LogP contribution in [0.5, 0.6) is 0 Å². The lowest BCUT2D eigenvalue weighted by Gasteiger charge is -2.23. The predicted molar refractivity (Wildman–Crippen MR) is 165 cm³/mol. The number of aromatic nitrogens is 2. The molecule has 1 aliphatic rings. The van der Waals surface area contributed by atoms with E-state index in [1.165, 1.54) is 0 Å². The Morgan fingerprint density at radius 3 is 1.90 bits per heavy atom. The first kappa shape index (κ1) is 30.5. The van der Waals surface area contributed by atoms with Crippen molar-refractivity contribution in [2.75, 3.05) is 36.1 Å². The molecule has 0 amide bonds. The number of aryl methyl sites for hydroxylation is 2. The van der Waals surface area contributed by atoms with Gasteiger partial charge in [-0.05, 0) is 59.8 Å². The molecule has 8 nitrogen and oxygen atoms in total. The Kier molecular flexibility index (Phi) is 9.66. The van der Waals surface area contributed by atoms with Gasteiger partial charge in [-0.3, -0.25) is 0 Å². The van der Waals surface area contributed by atoms with Crippen LogP contribution < -0.4 is 14.4 Å². The molecule has 0 N–H and O–H groups in total. The maximum Gasteiger partial charge on any atom is 0.339 e. The highest BCUT2D eigenvalue weighted by Crippen LogP contribution is 2.44. The van der Waals surface area contributed by atoms with Crippen molar-refractivity contribution < 1.29 is 23.6 Å². The van der Waals surface area contributed by atoms with Gasteiger partial charge >= 0.3 is 11.9 Å². The third-order valence-corrected chi connectivity index (χ3v) is 7.77. The number of anilines is 2. The maximum atomic E-state index is 12.5. The summed E-state index contributed by atoms with van der Waals surface area (Å²) in [6, 6.07) is 7.31. The molecule has 0 saturated carbocycles. The Bertz CT molecular complexity index is 1540. The minimum absolute atomic E-state index is 0.281. The number of ether oxygens (including phenoxy) is 2. The van der Waals surface area contributed by atoms with Crippen molar-refractivity contribution in [3.63, 3.8) is 0 Å². The van der Waals surface area contributed by atoms with Gasteiger partial charge in [0.25, 0.3) is 5.82 Å². The van der Waals surface area contributed by atoms with Gasteiger partial charge in [-0.15, -0.1) is 0 Å². The summed E-state index contributed by atoms with van der Waals surface area (Å²) in [6.45, 7) is 15.3. The normalized spacial score (nSPS) is 14.0. The van der Waals surface area contributed by atoms with Crippen LogP contribution in [0.25, 0.3) is 17.1 Å². The Balaban J connectivity index is 1.79. The van der Waals surface area contributed by atoms with E-state index < -0.39 is 11.9 Å². The molecule has 0 radical (unpaired) electrons. The van der Waals surface area contributed by atoms with Gasteiger partial charge in [-0.25, -0.2) is 18.7 Å². The van der Waals surface area contributed by atoms with Crippen LogP contribution in [0.1, 0.15) is 68.1 Å². The first-order valence-corrected chi connectivity index (χ1v) is 14.9. The van der Waals surface area contributed by atoms with Gasteiger partial charge in [-0.1, -0.05) is 29.3 Å². The molecule has 10 heteroatoms. The molecule has 0 unspecified atom stereocenters. The van der Waals surface area contributed by atoms with Gasteiger partial charge in [0.15, 0.2) is 11.0 Å². The molecule has 2 heterocycles. The number of carbonyl (C=O) groups excluding carboxylic acids is 2. The van der Waals surface area contributed by atoms with Crippen molar-refractivity contribution in [1.29, 1.82) is 0 Å². The number of hydrogen-bond acceptors (Lipinski definition) is 6. The molecule has 4 rings (SSSR count). The molecule has 41 heavy (non-hydrogen) atoms. The van der Waals surface area contributed by atoms with Crippen molar-refractivity contribution in [3.8, 4) is 0 Å². The van der Waals surface area contributed by atoms with Gasteiger partial charge < -0.3 is 19.3 Å². The highest BCUT2D eigenvalue weighted by Gasteiger charge is 2.32. The van der Waals surface area contributed by atoms with E-state index >= 15 is 0 Å². The van der Waals surface area contributed by atoms with Crippen LogP contribution in [0, 0.1) is 0 Å². The molecule has 0 aliphatic carbocycles. The van der Waals surface area contributed by atoms with Gasteiger partial charge in [0.2, 0.25) is 0 Å². The van der Waals surface area contributed by atoms with E-state index in [0.717, 1.165) is 47.1 Å². The first-order valence-electron chi connectivity index (χ1n) is 14.1. The minimum Gasteiger partial charge on any atom is -0.462 e. The lowest BCUT2D eigenvalue weighted by Crippen LogP contribution is -2.35. The number of hydrogen-bond donors (Lipinski definition) is 0. The van der Waals surface area contributed by atoms with E-state index in [1.807, 2.05) is 30.3 Å². The highest BCUT2D eigenvalue weighted by molar-refractivity contribution is 6.34. The Labute approximate surface area is 251 Å². The molecule has 0 spiro atoms. The lowest BCUT2D eigenvalue weighted by atomic mass is 10.1. The quantitative estimate of drug-likeness (QED) is 0.187. The number of rotatable bonds is 10. The molecule has 0 fully saturated rings. The first-order chi connectivity index (χ1) is 19.8. The fourth-order valence-electron chi connectivity index (χ4n) is 5.39. The summed E-state index contributed by atoms with van der Waals surface area (Å²) in [5, 5.41) is 0.733. The van der Waals surface area contributed by atoms with E-state index in [0.29, 0.717) is 34.3 Å². The fourth-order valence-corrected chi connectivity index (χ4v) is 5.86. The van der Waals surface area contributed by atoms with Crippen LogP contribution in [0.15, 0.2) is 42.2 Å². The molecule has 0 atom stereocenters. The maximum absolute atomic E-state index is 12.5. The number of allylic oxidation sites excluding steroid dienone is 2. The zero-order valence-corrected chi connectivity index (χ0v) is 26.0. The second kappa shape index (κ2) is 13.0. The number of fused-ring (bicyclic) bond motifs is 2. The smallest absolute Gasteiger partial charge is 0.339 e. The van der Waals surface area contributed by atoms with Gasteiger partial charge in [-0.2, -0.15) is 0 Å². The van der Waals surface area contributed by atoms with Crippen LogP contribution in [-0.4, -0.2) is 42.8 Å². The van der Waals surface area contributed by atoms with E-state index in [9.17, 15) is 9.59 Å². The van der Waals surface area contributed by atoms with Crippen molar-refractivity contribution in [2.24, 2.45) is 0 Å². The second-order valence-electron chi connectivity index (χ2n) is 9.30. The molecule has 0 saturated heterocycles. The van der Waals surface area contributed by atoms with E-state index in [2.05, 4.69) is 58.8 Å². The number of nitrogens with zero attached hydrogens (tertiary/aromatic N) is 4. The number of carbonyl (C=O) groups is 2. The van der Waals surface area contributed by atoms with E-state index in [-0.39, 0.29) is 13.2 Å². The number of halogens is 2. The van der Waals surface area contributed by atoms with Crippen molar-refractivity contribution in [1.82, 2.24) is 4.57 Å². The fraction of sp³-hybridized carbons (Fsp3) is 0.387. The van der Waals surface area contributed by atoms with Gasteiger partial charge in [0.05, 0.1) is 58.9 Å². The molecular formula is C31H37Cl2N4O4+. The zero-order valence-electron chi connectivity index (χ0n) is 24.5. The van der Waals surface area contributed by atoms with Crippen molar-refractivity contribution in [3.05, 3.63) is 69.2 Å². The number of esters is 2. The standard InChI is InChI=1S/C31H37Cl2N4O4/c1-7-34-24-16-20(30(38)40-11-5)22(32)18-26(24)36(9-3)28(34)14-13-15-29-35(8-2)25-17-21(31(39)41-12-6)23(33)19-27(25)37(29)10-4/h13-19H,7-12H2,1-6H3/q+1.